The van der Waals surface area contributed by atoms with Crippen LogP contribution in [0.15, 0.2) is 88.3 Å². The summed E-state index contributed by atoms with van der Waals surface area (Å²) in [6, 6.07) is 20.5. The number of nitrogens with one attached hydrogen (secondary N) is 1. The van der Waals surface area contributed by atoms with Crippen LogP contribution in [-0.2, 0) is 10.0 Å². The van der Waals surface area contributed by atoms with Gasteiger partial charge in [0.1, 0.15) is 0 Å². The van der Waals surface area contributed by atoms with Crippen molar-refractivity contribution in [2.75, 3.05) is 4.72 Å². The number of oxazole rings is 1. The maximum absolute atomic E-state index is 12.7. The minimum atomic E-state index is -3.83. The normalized spacial score (nSPS) is 11.4. The SMILES string of the molecule is O=S(=O)(Nc1cccc(Cl)c1Cl)c1ccc(-c2ncc(-c3ccccc3)o2)cc1. The van der Waals surface area contributed by atoms with Crippen LogP contribution < -0.4 is 4.72 Å². The molecule has 1 N–H and O–H groups in total. The molecule has 0 saturated carbocycles. The van der Waals surface area contributed by atoms with Gasteiger partial charge in [0.25, 0.3) is 10.0 Å². The molecule has 0 atom stereocenters. The molecule has 8 heteroatoms. The lowest BCUT2D eigenvalue weighted by molar-refractivity contribution is 0.588. The molecular formula is C21H14Cl2N2O3S. The van der Waals surface area contributed by atoms with Gasteiger partial charge in [0, 0.05) is 11.1 Å². The first-order chi connectivity index (χ1) is 13.9. The molecule has 0 radical (unpaired) electrons. The Kier molecular flexibility index (Phi) is 5.32. The molecular weight excluding hydrogens is 431 g/mol. The molecule has 0 aliphatic carbocycles. The zero-order valence-electron chi connectivity index (χ0n) is 14.8. The largest absolute Gasteiger partial charge is 0.436 e. The van der Waals surface area contributed by atoms with E-state index in [1.165, 1.54) is 18.2 Å². The first kappa shape index (κ1) is 19.5. The Hall–Kier alpha value is -2.80. The third kappa shape index (κ3) is 4.15. The van der Waals surface area contributed by atoms with Crippen molar-refractivity contribution in [3.05, 3.63) is 89.0 Å². The van der Waals surface area contributed by atoms with Crippen molar-refractivity contribution in [2.24, 2.45) is 0 Å². The lowest BCUT2D eigenvalue weighted by atomic mass is 10.2. The first-order valence-electron chi connectivity index (χ1n) is 8.52. The Morgan fingerprint density at radius 2 is 1.55 bits per heavy atom. The van der Waals surface area contributed by atoms with Crippen LogP contribution in [0.3, 0.4) is 0 Å². The maximum Gasteiger partial charge on any atom is 0.261 e. The number of aromatic nitrogens is 1. The molecule has 4 rings (SSSR count). The molecule has 0 unspecified atom stereocenters. The van der Waals surface area contributed by atoms with E-state index in [0.29, 0.717) is 17.2 Å². The van der Waals surface area contributed by atoms with Crippen molar-refractivity contribution < 1.29 is 12.8 Å². The summed E-state index contributed by atoms with van der Waals surface area (Å²) in [4.78, 5) is 4.36. The molecule has 0 aliphatic rings. The standard InChI is InChI=1S/C21H14Cl2N2O3S/c22-17-7-4-8-18(20(17)23)25-29(26,27)16-11-9-15(10-12-16)21-24-13-19(28-21)14-5-2-1-3-6-14/h1-13,25H. The molecule has 1 heterocycles. The van der Waals surface area contributed by atoms with Gasteiger partial charge in [-0.2, -0.15) is 0 Å². The Morgan fingerprint density at radius 1 is 0.828 bits per heavy atom. The zero-order chi connectivity index (χ0) is 20.4. The van der Waals surface area contributed by atoms with E-state index >= 15 is 0 Å². The van der Waals surface area contributed by atoms with Crippen molar-refractivity contribution in [2.45, 2.75) is 4.90 Å². The summed E-state index contributed by atoms with van der Waals surface area (Å²) in [5, 5.41) is 0.405. The average Bonchev–Trinajstić information content (AvgIpc) is 3.22. The molecule has 1 aromatic heterocycles. The monoisotopic (exact) mass is 444 g/mol. The topological polar surface area (TPSA) is 72.2 Å². The van der Waals surface area contributed by atoms with E-state index in [1.54, 1.807) is 30.5 Å². The van der Waals surface area contributed by atoms with E-state index in [9.17, 15) is 8.42 Å². The molecule has 29 heavy (non-hydrogen) atoms. The van der Waals surface area contributed by atoms with E-state index in [-0.39, 0.29) is 20.6 Å². The summed E-state index contributed by atoms with van der Waals surface area (Å²) < 4.78 is 33.5. The second kappa shape index (κ2) is 7.91. The molecule has 146 valence electrons. The third-order valence-corrected chi connectivity index (χ3v) is 6.37. The smallest absolute Gasteiger partial charge is 0.261 e. The number of hydrogen-bond donors (Lipinski definition) is 1. The van der Waals surface area contributed by atoms with Crippen molar-refractivity contribution in [3.8, 4) is 22.8 Å². The summed E-state index contributed by atoms with van der Waals surface area (Å²) in [5.41, 5.74) is 1.78. The molecule has 0 spiro atoms. The quantitative estimate of drug-likeness (QED) is 0.402. The molecule has 0 saturated heterocycles. The molecule has 4 aromatic rings. The van der Waals surface area contributed by atoms with Crippen molar-refractivity contribution in [1.82, 2.24) is 4.98 Å². The highest BCUT2D eigenvalue weighted by Gasteiger charge is 2.17. The van der Waals surface area contributed by atoms with E-state index in [1.807, 2.05) is 30.3 Å². The van der Waals surface area contributed by atoms with Crippen LogP contribution in [0.4, 0.5) is 5.69 Å². The number of benzene rings is 3. The highest BCUT2D eigenvalue weighted by atomic mass is 35.5. The van der Waals surface area contributed by atoms with Crippen LogP contribution in [0.2, 0.25) is 10.0 Å². The van der Waals surface area contributed by atoms with E-state index < -0.39 is 10.0 Å². The van der Waals surface area contributed by atoms with Gasteiger partial charge in [-0.1, -0.05) is 59.6 Å². The van der Waals surface area contributed by atoms with Gasteiger partial charge in [-0.3, -0.25) is 4.72 Å². The van der Waals surface area contributed by atoms with Gasteiger partial charge in [0.05, 0.1) is 26.8 Å². The fraction of sp³-hybridized carbons (Fsp3) is 0. The Bertz CT molecular complexity index is 1250. The van der Waals surface area contributed by atoms with Crippen LogP contribution >= 0.6 is 23.2 Å². The number of sulfonamides is 1. The minimum Gasteiger partial charge on any atom is -0.436 e. The lowest BCUT2D eigenvalue weighted by Crippen LogP contribution is -2.13. The number of rotatable bonds is 5. The third-order valence-electron chi connectivity index (χ3n) is 4.17. The molecule has 0 bridgehead atoms. The van der Waals surface area contributed by atoms with Crippen LogP contribution in [-0.4, -0.2) is 13.4 Å². The van der Waals surface area contributed by atoms with Gasteiger partial charge < -0.3 is 4.42 Å². The maximum atomic E-state index is 12.7. The van der Waals surface area contributed by atoms with E-state index in [0.717, 1.165) is 5.56 Å². The highest BCUT2D eigenvalue weighted by Crippen LogP contribution is 2.32. The average molecular weight is 445 g/mol. The van der Waals surface area contributed by atoms with Gasteiger partial charge in [0.2, 0.25) is 5.89 Å². The summed E-state index contributed by atoms with van der Waals surface area (Å²) in [5.74, 6) is 1.04. The Labute approximate surface area is 178 Å². The van der Waals surface area contributed by atoms with Crippen LogP contribution in [0.1, 0.15) is 0 Å². The number of anilines is 1. The van der Waals surface area contributed by atoms with E-state index in [4.69, 9.17) is 27.6 Å². The number of hydrogen-bond acceptors (Lipinski definition) is 4. The van der Waals surface area contributed by atoms with Crippen molar-refractivity contribution in [3.63, 3.8) is 0 Å². The van der Waals surface area contributed by atoms with E-state index in [2.05, 4.69) is 9.71 Å². The van der Waals surface area contributed by atoms with Crippen LogP contribution in [0.25, 0.3) is 22.8 Å². The van der Waals surface area contributed by atoms with Gasteiger partial charge in [-0.25, -0.2) is 13.4 Å². The Morgan fingerprint density at radius 3 is 2.28 bits per heavy atom. The summed E-state index contributed by atoms with van der Waals surface area (Å²) in [7, 11) is -3.83. The predicted octanol–water partition coefficient (Wildman–Crippen LogP) is 6.12. The molecule has 5 nitrogen and oxygen atoms in total. The fourth-order valence-electron chi connectivity index (χ4n) is 2.71. The summed E-state index contributed by atoms with van der Waals surface area (Å²) in [6.07, 6.45) is 1.64. The summed E-state index contributed by atoms with van der Waals surface area (Å²) >= 11 is 12.0. The fourth-order valence-corrected chi connectivity index (χ4v) is 4.18. The lowest BCUT2D eigenvalue weighted by Gasteiger charge is -2.10. The van der Waals surface area contributed by atoms with Gasteiger partial charge in [0.15, 0.2) is 5.76 Å². The minimum absolute atomic E-state index is 0.0760. The van der Waals surface area contributed by atoms with Gasteiger partial charge in [-0.15, -0.1) is 0 Å². The number of nitrogens with zero attached hydrogens (tertiary/aromatic N) is 1. The number of halogens is 2. The van der Waals surface area contributed by atoms with Gasteiger partial charge in [-0.05, 0) is 36.4 Å². The first-order valence-corrected chi connectivity index (χ1v) is 10.8. The van der Waals surface area contributed by atoms with Crippen molar-refractivity contribution >= 4 is 38.9 Å². The molecule has 0 amide bonds. The Balaban J connectivity index is 1.58. The second-order valence-electron chi connectivity index (χ2n) is 6.13. The molecule has 0 fully saturated rings. The highest BCUT2D eigenvalue weighted by molar-refractivity contribution is 7.92. The van der Waals surface area contributed by atoms with Gasteiger partial charge >= 0.3 is 0 Å². The van der Waals surface area contributed by atoms with Crippen LogP contribution in [0, 0.1) is 0 Å². The predicted molar refractivity (Wildman–Crippen MR) is 115 cm³/mol. The second-order valence-corrected chi connectivity index (χ2v) is 8.59. The zero-order valence-corrected chi connectivity index (χ0v) is 17.2. The molecule has 3 aromatic carbocycles. The van der Waals surface area contributed by atoms with Crippen molar-refractivity contribution in [1.29, 1.82) is 0 Å². The summed E-state index contributed by atoms with van der Waals surface area (Å²) in [6.45, 7) is 0. The van der Waals surface area contributed by atoms with Crippen LogP contribution in [0.5, 0.6) is 0 Å². The molecule has 0 aliphatic heterocycles.